The molecule has 1 saturated heterocycles. The van der Waals surface area contributed by atoms with E-state index in [0.717, 1.165) is 5.69 Å². The third-order valence-electron chi connectivity index (χ3n) is 2.97. The predicted octanol–water partition coefficient (Wildman–Crippen LogP) is -2.22. The number of carbonyl (C=O) groups excluding carboxylic acids is 2. The number of aromatic carboxylic acids is 1. The molecule has 0 spiro atoms. The van der Waals surface area contributed by atoms with Gasteiger partial charge in [0.15, 0.2) is 0 Å². The van der Waals surface area contributed by atoms with Crippen molar-refractivity contribution in [3.63, 3.8) is 0 Å². The Kier molecular flexibility index (Phi) is 5.43. The fourth-order valence-corrected chi connectivity index (χ4v) is 1.91. The van der Waals surface area contributed by atoms with Gasteiger partial charge in [0, 0.05) is 36.5 Å². The number of likely N-dealkylation sites (tertiary alicyclic amines) is 1. The molecular formula is C14H17LiN2O4. The fraction of sp³-hybridized carbons (Fsp3) is 0.500. The fourth-order valence-electron chi connectivity index (χ4n) is 1.91. The molecule has 1 amide bonds. The van der Waals surface area contributed by atoms with Crippen LogP contribution >= 0.6 is 0 Å². The van der Waals surface area contributed by atoms with Crippen LogP contribution in [0.4, 0.5) is 4.79 Å². The summed E-state index contributed by atoms with van der Waals surface area (Å²) in [5.74, 6) is -1.12. The second kappa shape index (κ2) is 6.50. The number of rotatable bonds is 2. The van der Waals surface area contributed by atoms with Gasteiger partial charge in [-0.25, -0.2) is 4.79 Å². The van der Waals surface area contributed by atoms with E-state index >= 15 is 0 Å². The first-order valence-corrected chi connectivity index (χ1v) is 6.41. The average molecular weight is 284 g/mol. The summed E-state index contributed by atoms with van der Waals surface area (Å²) in [6.07, 6.45) is 0.945. The van der Waals surface area contributed by atoms with Gasteiger partial charge in [0.05, 0.1) is 5.97 Å². The molecule has 0 radical (unpaired) electrons. The van der Waals surface area contributed by atoms with Gasteiger partial charge in [-0.2, -0.15) is 0 Å². The monoisotopic (exact) mass is 284 g/mol. The summed E-state index contributed by atoms with van der Waals surface area (Å²) >= 11 is 0. The number of amides is 1. The summed E-state index contributed by atoms with van der Waals surface area (Å²) in [4.78, 5) is 28.1. The molecule has 0 N–H and O–H groups in total. The van der Waals surface area contributed by atoms with Crippen molar-refractivity contribution in [2.45, 2.75) is 32.3 Å². The predicted molar refractivity (Wildman–Crippen MR) is 69.1 cm³/mol. The number of pyridine rings is 1. The zero-order chi connectivity index (χ0) is 14.9. The van der Waals surface area contributed by atoms with Crippen LogP contribution in [0.3, 0.4) is 0 Å². The molecular weight excluding hydrogens is 267 g/mol. The number of ether oxygens (including phenoxy) is 1. The van der Waals surface area contributed by atoms with Crippen LogP contribution in [-0.2, 0) is 4.74 Å². The van der Waals surface area contributed by atoms with Crippen LogP contribution in [0.5, 0.6) is 0 Å². The number of hydrogen-bond donors (Lipinski definition) is 0. The van der Waals surface area contributed by atoms with Crippen molar-refractivity contribution in [3.8, 4) is 0 Å². The standard InChI is InChI=1S/C14H18N2O4.Li/c1-14(2,3)20-13(19)16-7-10(8-16)11-5-4-9(6-15-11)12(17)18;/h4-6,10H,7-8H2,1-3H3,(H,17,18);/q;+1/p-1. The Labute approximate surface area is 135 Å². The molecule has 7 heteroatoms. The molecule has 2 rings (SSSR count). The summed E-state index contributed by atoms with van der Waals surface area (Å²) < 4.78 is 5.26. The second-order valence-electron chi connectivity index (χ2n) is 5.84. The number of hydrogen-bond acceptors (Lipinski definition) is 5. The van der Waals surface area contributed by atoms with Crippen LogP contribution < -0.4 is 24.0 Å². The third kappa shape index (κ3) is 4.48. The third-order valence-corrected chi connectivity index (χ3v) is 2.97. The minimum Gasteiger partial charge on any atom is -0.545 e. The molecule has 0 aromatic carbocycles. The van der Waals surface area contributed by atoms with Crippen LogP contribution in [0.1, 0.15) is 42.7 Å². The maximum absolute atomic E-state index is 11.8. The van der Waals surface area contributed by atoms with Gasteiger partial charge in [0.1, 0.15) is 5.60 Å². The van der Waals surface area contributed by atoms with Crippen molar-refractivity contribution in [2.24, 2.45) is 0 Å². The van der Waals surface area contributed by atoms with Crippen LogP contribution in [0.2, 0.25) is 0 Å². The van der Waals surface area contributed by atoms with Crippen molar-refractivity contribution >= 4 is 12.1 Å². The van der Waals surface area contributed by atoms with E-state index in [0.29, 0.717) is 13.1 Å². The zero-order valence-electron chi connectivity index (χ0n) is 12.8. The van der Waals surface area contributed by atoms with Gasteiger partial charge in [-0.1, -0.05) is 0 Å². The Bertz CT molecular complexity index is 519. The quantitative estimate of drug-likeness (QED) is 0.575. The van der Waals surface area contributed by atoms with E-state index in [2.05, 4.69) is 4.98 Å². The molecule has 1 fully saturated rings. The Morgan fingerprint density at radius 2 is 1.95 bits per heavy atom. The smallest absolute Gasteiger partial charge is 0.545 e. The van der Waals surface area contributed by atoms with Gasteiger partial charge in [-0.05, 0) is 32.9 Å². The molecule has 2 heterocycles. The SMILES string of the molecule is CC(C)(C)OC(=O)N1CC(c2ccc(C(=O)[O-])cn2)C1.[Li+]. The van der Waals surface area contributed by atoms with Gasteiger partial charge < -0.3 is 19.5 Å². The molecule has 0 aliphatic carbocycles. The summed E-state index contributed by atoms with van der Waals surface area (Å²) in [6, 6.07) is 3.12. The van der Waals surface area contributed by atoms with E-state index in [1.54, 1.807) is 11.0 Å². The van der Waals surface area contributed by atoms with Crippen molar-refractivity contribution in [2.75, 3.05) is 13.1 Å². The van der Waals surface area contributed by atoms with Crippen molar-refractivity contribution in [3.05, 3.63) is 29.6 Å². The zero-order valence-corrected chi connectivity index (χ0v) is 12.8. The van der Waals surface area contributed by atoms with Crippen molar-refractivity contribution < 1.29 is 38.3 Å². The van der Waals surface area contributed by atoms with Gasteiger partial charge in [-0.3, -0.25) is 4.98 Å². The van der Waals surface area contributed by atoms with E-state index in [1.807, 2.05) is 20.8 Å². The normalized spacial score (nSPS) is 14.9. The largest absolute Gasteiger partial charge is 1.00 e. The molecule has 1 aliphatic heterocycles. The molecule has 21 heavy (non-hydrogen) atoms. The van der Waals surface area contributed by atoms with Gasteiger partial charge in [-0.15, -0.1) is 0 Å². The molecule has 1 aromatic heterocycles. The molecule has 0 atom stereocenters. The first-order valence-electron chi connectivity index (χ1n) is 6.41. The first kappa shape index (κ1) is 17.5. The van der Waals surface area contributed by atoms with E-state index in [1.165, 1.54) is 12.3 Å². The summed E-state index contributed by atoms with van der Waals surface area (Å²) in [5.41, 5.74) is 0.322. The molecule has 0 saturated carbocycles. The van der Waals surface area contributed by atoms with Crippen LogP contribution in [0.15, 0.2) is 18.3 Å². The minimum atomic E-state index is -1.24. The Balaban J connectivity index is 0.00000220. The molecule has 1 aliphatic rings. The van der Waals surface area contributed by atoms with E-state index in [-0.39, 0.29) is 36.4 Å². The van der Waals surface area contributed by atoms with E-state index in [4.69, 9.17) is 4.74 Å². The minimum absolute atomic E-state index is 0. The molecule has 1 aromatic rings. The molecule has 108 valence electrons. The second-order valence-corrected chi connectivity index (χ2v) is 5.84. The summed E-state index contributed by atoms with van der Waals surface area (Å²) in [6.45, 7) is 6.53. The molecule has 0 bridgehead atoms. The molecule has 6 nitrogen and oxygen atoms in total. The van der Waals surface area contributed by atoms with E-state index < -0.39 is 11.6 Å². The van der Waals surface area contributed by atoms with Gasteiger partial charge in [0.2, 0.25) is 0 Å². The Morgan fingerprint density at radius 3 is 2.38 bits per heavy atom. The van der Waals surface area contributed by atoms with Crippen molar-refractivity contribution in [1.29, 1.82) is 0 Å². The number of nitrogens with zero attached hydrogens (tertiary/aromatic N) is 2. The maximum atomic E-state index is 11.8. The maximum Gasteiger partial charge on any atom is 1.00 e. The average Bonchev–Trinajstić information content (AvgIpc) is 2.25. The molecule has 0 unspecified atom stereocenters. The first-order chi connectivity index (χ1) is 9.26. The number of aromatic nitrogens is 1. The summed E-state index contributed by atoms with van der Waals surface area (Å²) in [7, 11) is 0. The van der Waals surface area contributed by atoms with Crippen LogP contribution in [-0.4, -0.2) is 40.6 Å². The van der Waals surface area contributed by atoms with Crippen LogP contribution in [0, 0.1) is 0 Å². The van der Waals surface area contributed by atoms with Crippen molar-refractivity contribution in [1.82, 2.24) is 9.88 Å². The number of carboxylic acids is 1. The van der Waals surface area contributed by atoms with E-state index in [9.17, 15) is 14.7 Å². The number of carbonyl (C=O) groups is 2. The van der Waals surface area contributed by atoms with Crippen LogP contribution in [0.25, 0.3) is 0 Å². The Morgan fingerprint density at radius 1 is 1.33 bits per heavy atom. The van der Waals surface area contributed by atoms with Gasteiger partial charge in [0.25, 0.3) is 0 Å². The Hall–Kier alpha value is -1.51. The number of carboxylic acid groups (broad SMARTS) is 1. The van der Waals surface area contributed by atoms with Gasteiger partial charge >= 0.3 is 25.0 Å². The topological polar surface area (TPSA) is 82.6 Å². The summed E-state index contributed by atoms with van der Waals surface area (Å²) in [5, 5.41) is 10.6.